The Kier molecular flexibility index (Phi) is 7.09. The maximum atomic E-state index is 12.7. The third-order valence-corrected chi connectivity index (χ3v) is 7.42. The van der Waals surface area contributed by atoms with Crippen LogP contribution < -0.4 is 4.90 Å². The fourth-order valence-corrected chi connectivity index (χ4v) is 5.30. The zero-order valence-corrected chi connectivity index (χ0v) is 17.5. The van der Waals surface area contributed by atoms with E-state index in [-0.39, 0.29) is 12.0 Å². The van der Waals surface area contributed by atoms with Crippen molar-refractivity contribution in [2.24, 2.45) is 0 Å². The molecule has 3 rings (SSSR count). The van der Waals surface area contributed by atoms with Gasteiger partial charge in [0.25, 0.3) is 0 Å². The van der Waals surface area contributed by atoms with Gasteiger partial charge in [0.05, 0.1) is 30.6 Å². The van der Waals surface area contributed by atoms with Crippen molar-refractivity contribution in [3.05, 3.63) is 23.8 Å². The molecule has 2 aliphatic rings. The minimum absolute atomic E-state index is 0.00504. The van der Waals surface area contributed by atoms with Gasteiger partial charge in [-0.25, -0.2) is 8.42 Å². The first-order valence-corrected chi connectivity index (χ1v) is 11.5. The molecule has 1 fully saturated rings. The summed E-state index contributed by atoms with van der Waals surface area (Å²) in [6, 6.07) is 5.07. The van der Waals surface area contributed by atoms with Gasteiger partial charge in [0, 0.05) is 31.9 Å². The Bertz CT molecular complexity index is 786. The first-order valence-electron chi connectivity index (χ1n) is 10.1. The van der Waals surface area contributed by atoms with E-state index in [2.05, 4.69) is 0 Å². The third kappa shape index (κ3) is 4.56. The van der Waals surface area contributed by atoms with Crippen molar-refractivity contribution < 1.29 is 22.7 Å². The summed E-state index contributed by atoms with van der Waals surface area (Å²) in [4.78, 5) is 14.6. The minimum Gasteiger partial charge on any atom is -0.378 e. The van der Waals surface area contributed by atoms with E-state index in [0.29, 0.717) is 50.6 Å². The normalized spacial score (nSPS) is 19.4. The topological polar surface area (TPSA) is 76.2 Å². The predicted octanol–water partition coefficient (Wildman–Crippen LogP) is 2.19. The van der Waals surface area contributed by atoms with Gasteiger partial charge in [-0.3, -0.25) is 4.79 Å². The molecule has 2 aliphatic heterocycles. The number of anilines is 1. The Morgan fingerprint density at radius 3 is 2.79 bits per heavy atom. The van der Waals surface area contributed by atoms with Gasteiger partial charge in [0.1, 0.15) is 0 Å². The lowest BCUT2D eigenvalue weighted by Crippen LogP contribution is -2.31. The van der Waals surface area contributed by atoms with E-state index < -0.39 is 10.0 Å². The van der Waals surface area contributed by atoms with E-state index in [0.717, 1.165) is 30.7 Å². The van der Waals surface area contributed by atoms with Crippen LogP contribution in [0, 0.1) is 0 Å². The number of hydrogen-bond acceptors (Lipinski definition) is 5. The minimum atomic E-state index is -3.49. The average molecular weight is 411 g/mol. The van der Waals surface area contributed by atoms with Crippen LogP contribution in [-0.2, 0) is 30.7 Å². The van der Waals surface area contributed by atoms with E-state index in [1.165, 1.54) is 4.31 Å². The molecule has 1 saturated heterocycles. The summed E-state index contributed by atoms with van der Waals surface area (Å²) in [5, 5.41) is 0. The van der Waals surface area contributed by atoms with Crippen LogP contribution >= 0.6 is 0 Å². The SMILES string of the molecule is CCN(CC)S(=O)(=O)c1ccc2c(c1)CCN2C(=O)CCOCC1CCCO1. The first-order chi connectivity index (χ1) is 13.5. The number of rotatable bonds is 9. The van der Waals surface area contributed by atoms with E-state index >= 15 is 0 Å². The Morgan fingerprint density at radius 2 is 2.11 bits per heavy atom. The van der Waals surface area contributed by atoms with Crippen LogP contribution in [0.3, 0.4) is 0 Å². The van der Waals surface area contributed by atoms with Gasteiger partial charge in [-0.1, -0.05) is 13.8 Å². The van der Waals surface area contributed by atoms with Gasteiger partial charge in [0.15, 0.2) is 0 Å². The Hall–Kier alpha value is -1.48. The molecule has 1 atom stereocenters. The predicted molar refractivity (Wildman–Crippen MR) is 107 cm³/mol. The molecular weight excluding hydrogens is 380 g/mol. The van der Waals surface area contributed by atoms with Crippen molar-refractivity contribution in [1.82, 2.24) is 4.31 Å². The molecule has 0 bridgehead atoms. The summed E-state index contributed by atoms with van der Waals surface area (Å²) in [6.45, 7) is 6.82. The van der Waals surface area contributed by atoms with Crippen LogP contribution in [0.1, 0.15) is 38.7 Å². The second kappa shape index (κ2) is 9.35. The molecule has 1 amide bonds. The highest BCUT2D eigenvalue weighted by Gasteiger charge is 2.28. The number of nitrogens with zero attached hydrogens (tertiary/aromatic N) is 2. The molecule has 0 saturated carbocycles. The highest BCUT2D eigenvalue weighted by molar-refractivity contribution is 7.89. The van der Waals surface area contributed by atoms with Crippen molar-refractivity contribution in [2.45, 2.75) is 50.5 Å². The summed E-state index contributed by atoms with van der Waals surface area (Å²) < 4.78 is 38.0. The van der Waals surface area contributed by atoms with E-state index in [1.54, 1.807) is 23.1 Å². The van der Waals surface area contributed by atoms with Gasteiger partial charge in [-0.05, 0) is 43.0 Å². The number of amides is 1. The molecule has 0 N–H and O–H groups in total. The summed E-state index contributed by atoms with van der Waals surface area (Å²) >= 11 is 0. The molecule has 1 aromatic rings. The highest BCUT2D eigenvalue weighted by atomic mass is 32.2. The van der Waals surface area contributed by atoms with Crippen LogP contribution in [0.5, 0.6) is 0 Å². The Labute approximate surface area is 167 Å². The molecule has 156 valence electrons. The summed E-state index contributed by atoms with van der Waals surface area (Å²) in [5.41, 5.74) is 1.71. The molecule has 0 aliphatic carbocycles. The Balaban J connectivity index is 1.60. The molecule has 8 heteroatoms. The van der Waals surface area contributed by atoms with Crippen molar-refractivity contribution in [3.63, 3.8) is 0 Å². The van der Waals surface area contributed by atoms with Gasteiger partial charge in [0.2, 0.25) is 15.9 Å². The standard InChI is InChI=1S/C20H30N2O5S/c1-3-21(4-2)28(24,25)18-7-8-19-16(14-18)9-11-22(19)20(23)10-13-26-15-17-6-5-12-27-17/h7-8,14,17H,3-6,9-13,15H2,1-2H3. The maximum absolute atomic E-state index is 12.7. The number of carbonyl (C=O) groups excluding carboxylic acids is 1. The summed E-state index contributed by atoms with van der Waals surface area (Å²) in [5.74, 6) is 0.00504. The number of fused-ring (bicyclic) bond motifs is 1. The number of ether oxygens (including phenoxy) is 2. The molecule has 0 radical (unpaired) electrons. The first kappa shape index (κ1) is 21.2. The lowest BCUT2D eigenvalue weighted by molar-refractivity contribution is -0.119. The molecule has 0 spiro atoms. The van der Waals surface area contributed by atoms with Crippen LogP contribution in [0.25, 0.3) is 0 Å². The van der Waals surface area contributed by atoms with E-state index in [4.69, 9.17) is 9.47 Å². The monoisotopic (exact) mass is 410 g/mol. The summed E-state index contributed by atoms with van der Waals surface area (Å²) in [7, 11) is -3.49. The number of benzene rings is 1. The smallest absolute Gasteiger partial charge is 0.243 e. The average Bonchev–Trinajstić information content (AvgIpc) is 3.35. The number of carbonyl (C=O) groups is 1. The molecule has 0 aromatic heterocycles. The van der Waals surface area contributed by atoms with Crippen LogP contribution in [-0.4, -0.2) is 64.2 Å². The van der Waals surface area contributed by atoms with Gasteiger partial charge >= 0.3 is 0 Å². The molecule has 2 heterocycles. The van der Waals surface area contributed by atoms with Crippen molar-refractivity contribution in [2.75, 3.05) is 44.4 Å². The molecule has 1 aromatic carbocycles. The zero-order chi connectivity index (χ0) is 20.1. The highest BCUT2D eigenvalue weighted by Crippen LogP contribution is 2.31. The van der Waals surface area contributed by atoms with Gasteiger partial charge in [-0.15, -0.1) is 0 Å². The molecule has 7 nitrogen and oxygen atoms in total. The van der Waals surface area contributed by atoms with E-state index in [1.807, 2.05) is 13.8 Å². The second-order valence-electron chi connectivity index (χ2n) is 7.14. The summed E-state index contributed by atoms with van der Waals surface area (Å²) in [6.07, 6.45) is 3.23. The molecule has 1 unspecified atom stereocenters. The zero-order valence-electron chi connectivity index (χ0n) is 16.7. The largest absolute Gasteiger partial charge is 0.378 e. The fourth-order valence-electron chi connectivity index (χ4n) is 3.80. The number of hydrogen-bond donors (Lipinski definition) is 0. The van der Waals surface area contributed by atoms with Crippen molar-refractivity contribution in [1.29, 1.82) is 0 Å². The maximum Gasteiger partial charge on any atom is 0.243 e. The van der Waals surface area contributed by atoms with Crippen LogP contribution in [0.4, 0.5) is 5.69 Å². The van der Waals surface area contributed by atoms with Crippen molar-refractivity contribution >= 4 is 21.6 Å². The fraction of sp³-hybridized carbons (Fsp3) is 0.650. The van der Waals surface area contributed by atoms with Crippen molar-refractivity contribution in [3.8, 4) is 0 Å². The quantitative estimate of drug-likeness (QED) is 0.584. The molecule has 28 heavy (non-hydrogen) atoms. The third-order valence-electron chi connectivity index (χ3n) is 5.38. The molecular formula is C20H30N2O5S. The van der Waals surface area contributed by atoms with Crippen LogP contribution in [0.15, 0.2) is 23.1 Å². The van der Waals surface area contributed by atoms with Gasteiger partial charge in [-0.2, -0.15) is 4.31 Å². The lowest BCUT2D eigenvalue weighted by atomic mass is 10.2. The lowest BCUT2D eigenvalue weighted by Gasteiger charge is -2.20. The number of sulfonamides is 1. The van der Waals surface area contributed by atoms with E-state index in [9.17, 15) is 13.2 Å². The van der Waals surface area contributed by atoms with Gasteiger partial charge < -0.3 is 14.4 Å². The van der Waals surface area contributed by atoms with Crippen LogP contribution in [0.2, 0.25) is 0 Å². The Morgan fingerprint density at radius 1 is 1.32 bits per heavy atom. The second-order valence-corrected chi connectivity index (χ2v) is 9.07.